The fourth-order valence-corrected chi connectivity index (χ4v) is 2.72. The Morgan fingerprint density at radius 2 is 1.81 bits per heavy atom. The molecule has 0 unspecified atom stereocenters. The molecule has 136 valence electrons. The molecule has 27 heavy (non-hydrogen) atoms. The van der Waals surface area contributed by atoms with Crippen molar-refractivity contribution in [3.63, 3.8) is 0 Å². The number of fused-ring (bicyclic) bond motifs is 1. The zero-order valence-electron chi connectivity index (χ0n) is 14.4. The third-order valence-corrected chi connectivity index (χ3v) is 4.08. The van der Waals surface area contributed by atoms with Crippen LogP contribution in [0.1, 0.15) is 17.3 Å². The van der Waals surface area contributed by atoms with Gasteiger partial charge in [-0.1, -0.05) is 42.5 Å². The number of carbonyl (C=O) groups excluding carboxylic acids is 2. The summed E-state index contributed by atoms with van der Waals surface area (Å²) < 4.78 is 5.67. The number of nitro groups is 1. The third-order valence-electron chi connectivity index (χ3n) is 4.08. The van der Waals surface area contributed by atoms with E-state index in [9.17, 15) is 19.7 Å². The Hall–Kier alpha value is -3.74. The molecule has 3 rings (SSSR count). The molecule has 0 aliphatic carbocycles. The van der Waals surface area contributed by atoms with Gasteiger partial charge in [0.2, 0.25) is 0 Å². The maximum Gasteiger partial charge on any atom is 0.292 e. The van der Waals surface area contributed by atoms with Crippen molar-refractivity contribution in [2.24, 2.45) is 0 Å². The van der Waals surface area contributed by atoms with Gasteiger partial charge in [-0.05, 0) is 29.8 Å². The SMILES string of the molecule is C[C@@H](Oc1ccc2ccccc2c1C=O)C(=O)Nc1ccccc1[N+](=O)[O-]. The third kappa shape index (κ3) is 3.77. The van der Waals surface area contributed by atoms with Gasteiger partial charge < -0.3 is 10.1 Å². The van der Waals surface area contributed by atoms with Crippen molar-refractivity contribution in [2.75, 3.05) is 5.32 Å². The van der Waals surface area contributed by atoms with Gasteiger partial charge in [0.1, 0.15) is 11.4 Å². The highest BCUT2D eigenvalue weighted by molar-refractivity contribution is 6.01. The quantitative estimate of drug-likeness (QED) is 0.405. The number of nitro benzene ring substituents is 1. The number of nitrogens with zero attached hydrogens (tertiary/aromatic N) is 1. The second-order valence-corrected chi connectivity index (χ2v) is 5.84. The standard InChI is InChI=1S/C20H16N2O5/c1-13(20(24)21-17-8-4-5-9-18(17)22(25)26)27-19-11-10-14-6-2-3-7-15(14)16(19)12-23/h2-13H,1H3,(H,21,24)/t13-/m1/s1. The Balaban J connectivity index is 1.82. The normalized spacial score (nSPS) is 11.6. The number of carbonyl (C=O) groups is 2. The molecular formula is C20H16N2O5. The van der Waals surface area contributed by atoms with Crippen LogP contribution in [-0.4, -0.2) is 23.2 Å². The summed E-state index contributed by atoms with van der Waals surface area (Å²) in [5, 5.41) is 15.1. The number of aldehydes is 1. The minimum absolute atomic E-state index is 0.0806. The van der Waals surface area contributed by atoms with Crippen LogP contribution < -0.4 is 10.1 Å². The summed E-state index contributed by atoms with van der Waals surface area (Å²) in [4.78, 5) is 34.4. The first-order valence-electron chi connectivity index (χ1n) is 8.19. The molecule has 3 aromatic carbocycles. The van der Waals surface area contributed by atoms with E-state index >= 15 is 0 Å². The highest BCUT2D eigenvalue weighted by Crippen LogP contribution is 2.28. The number of amides is 1. The molecule has 0 aliphatic heterocycles. The van der Waals surface area contributed by atoms with Gasteiger partial charge in [0.05, 0.1) is 10.5 Å². The first-order chi connectivity index (χ1) is 13.0. The van der Waals surface area contributed by atoms with Crippen LogP contribution >= 0.6 is 0 Å². The van der Waals surface area contributed by atoms with E-state index in [2.05, 4.69) is 5.32 Å². The lowest BCUT2D eigenvalue weighted by Crippen LogP contribution is -2.30. The number of para-hydroxylation sites is 2. The van der Waals surface area contributed by atoms with E-state index in [0.717, 1.165) is 10.8 Å². The van der Waals surface area contributed by atoms with Gasteiger partial charge in [0, 0.05) is 6.07 Å². The average Bonchev–Trinajstić information content (AvgIpc) is 2.68. The monoisotopic (exact) mass is 364 g/mol. The van der Waals surface area contributed by atoms with E-state index in [-0.39, 0.29) is 17.1 Å². The van der Waals surface area contributed by atoms with E-state index in [1.54, 1.807) is 24.3 Å². The lowest BCUT2D eigenvalue weighted by Gasteiger charge is -2.17. The Morgan fingerprint density at radius 1 is 1.11 bits per heavy atom. The van der Waals surface area contributed by atoms with Crippen molar-refractivity contribution in [3.05, 3.63) is 76.3 Å². The summed E-state index contributed by atoms with van der Waals surface area (Å²) in [6, 6.07) is 16.6. The molecule has 0 fully saturated rings. The van der Waals surface area contributed by atoms with Crippen LogP contribution in [0.25, 0.3) is 10.8 Å². The summed E-state index contributed by atoms with van der Waals surface area (Å²) in [6.07, 6.45) is -0.283. The summed E-state index contributed by atoms with van der Waals surface area (Å²) in [5.41, 5.74) is 0.216. The van der Waals surface area contributed by atoms with Crippen LogP contribution in [-0.2, 0) is 4.79 Å². The zero-order valence-corrected chi connectivity index (χ0v) is 14.4. The molecule has 7 heteroatoms. The van der Waals surface area contributed by atoms with Gasteiger partial charge in [-0.3, -0.25) is 19.7 Å². The molecule has 1 amide bonds. The van der Waals surface area contributed by atoms with Crippen LogP contribution in [0.3, 0.4) is 0 Å². The number of rotatable bonds is 6. The predicted octanol–water partition coefficient (Wildman–Crippen LogP) is 3.97. The van der Waals surface area contributed by atoms with Crippen molar-refractivity contribution >= 4 is 34.3 Å². The average molecular weight is 364 g/mol. The largest absolute Gasteiger partial charge is 0.480 e. The molecule has 3 aromatic rings. The molecule has 0 heterocycles. The number of nitrogens with one attached hydrogen (secondary N) is 1. The molecular weight excluding hydrogens is 348 g/mol. The smallest absolute Gasteiger partial charge is 0.292 e. The van der Waals surface area contributed by atoms with Crippen LogP contribution in [0.5, 0.6) is 5.75 Å². The van der Waals surface area contributed by atoms with Crippen molar-refractivity contribution in [3.8, 4) is 5.75 Å². The highest BCUT2D eigenvalue weighted by Gasteiger charge is 2.21. The van der Waals surface area contributed by atoms with Gasteiger partial charge in [-0.15, -0.1) is 0 Å². The topological polar surface area (TPSA) is 98.5 Å². The number of ether oxygens (including phenoxy) is 1. The molecule has 0 aromatic heterocycles. The molecule has 0 saturated carbocycles. The lowest BCUT2D eigenvalue weighted by molar-refractivity contribution is -0.383. The molecule has 1 atom stereocenters. The number of hydrogen-bond donors (Lipinski definition) is 1. The highest BCUT2D eigenvalue weighted by atomic mass is 16.6. The van der Waals surface area contributed by atoms with E-state index < -0.39 is 16.9 Å². The van der Waals surface area contributed by atoms with Crippen LogP contribution in [0.15, 0.2) is 60.7 Å². The van der Waals surface area contributed by atoms with Crippen LogP contribution in [0.2, 0.25) is 0 Å². The minimum Gasteiger partial charge on any atom is -0.480 e. The van der Waals surface area contributed by atoms with Crippen LogP contribution in [0.4, 0.5) is 11.4 Å². The van der Waals surface area contributed by atoms with Gasteiger partial charge in [0.25, 0.3) is 11.6 Å². The Bertz CT molecular complexity index is 1030. The molecule has 0 radical (unpaired) electrons. The maximum atomic E-state index is 12.4. The molecule has 7 nitrogen and oxygen atoms in total. The summed E-state index contributed by atoms with van der Waals surface area (Å²) in [5.74, 6) is -0.289. The van der Waals surface area contributed by atoms with Crippen LogP contribution in [0, 0.1) is 10.1 Å². The number of hydrogen-bond acceptors (Lipinski definition) is 5. The Morgan fingerprint density at radius 3 is 2.56 bits per heavy atom. The minimum atomic E-state index is -0.968. The van der Waals surface area contributed by atoms with Crippen molar-refractivity contribution in [1.82, 2.24) is 0 Å². The van der Waals surface area contributed by atoms with Gasteiger partial charge in [-0.25, -0.2) is 0 Å². The van der Waals surface area contributed by atoms with Gasteiger partial charge >= 0.3 is 0 Å². The second-order valence-electron chi connectivity index (χ2n) is 5.84. The fourth-order valence-electron chi connectivity index (χ4n) is 2.72. The number of benzene rings is 3. The lowest BCUT2D eigenvalue weighted by atomic mass is 10.0. The first-order valence-corrected chi connectivity index (χ1v) is 8.19. The summed E-state index contributed by atoms with van der Waals surface area (Å²) in [6.45, 7) is 1.51. The van der Waals surface area contributed by atoms with E-state index in [1.807, 2.05) is 18.2 Å². The van der Waals surface area contributed by atoms with E-state index in [0.29, 0.717) is 11.8 Å². The number of anilines is 1. The Labute approximate surface area is 154 Å². The second kappa shape index (κ2) is 7.65. The Kier molecular flexibility index (Phi) is 5.12. The fraction of sp³-hybridized carbons (Fsp3) is 0.100. The van der Waals surface area contributed by atoms with E-state index in [4.69, 9.17) is 4.74 Å². The molecule has 1 N–H and O–H groups in total. The predicted molar refractivity (Wildman–Crippen MR) is 101 cm³/mol. The molecule has 0 saturated heterocycles. The van der Waals surface area contributed by atoms with Crippen molar-refractivity contribution < 1.29 is 19.2 Å². The summed E-state index contributed by atoms with van der Waals surface area (Å²) in [7, 11) is 0. The zero-order chi connectivity index (χ0) is 19.4. The maximum absolute atomic E-state index is 12.4. The molecule has 0 bridgehead atoms. The van der Waals surface area contributed by atoms with Gasteiger partial charge in [-0.2, -0.15) is 0 Å². The van der Waals surface area contributed by atoms with E-state index in [1.165, 1.54) is 25.1 Å². The molecule has 0 aliphatic rings. The molecule has 0 spiro atoms. The van der Waals surface area contributed by atoms with Crippen molar-refractivity contribution in [1.29, 1.82) is 0 Å². The van der Waals surface area contributed by atoms with Gasteiger partial charge in [0.15, 0.2) is 12.4 Å². The first kappa shape index (κ1) is 18.1. The van der Waals surface area contributed by atoms with Crippen molar-refractivity contribution in [2.45, 2.75) is 13.0 Å². The summed E-state index contributed by atoms with van der Waals surface area (Å²) >= 11 is 0.